The molecule has 0 saturated carbocycles. The van der Waals surface area contributed by atoms with Gasteiger partial charge in [-0.1, -0.05) is 12.1 Å². The number of primary sulfonamides is 1. The Bertz CT molecular complexity index is 1200. The first kappa shape index (κ1) is 22.7. The lowest BCUT2D eigenvalue weighted by atomic mass is 10.1. The molecule has 0 aliphatic rings. The van der Waals surface area contributed by atoms with E-state index in [1.54, 1.807) is 39.3 Å². The molecule has 0 aliphatic carbocycles. The zero-order valence-electron chi connectivity index (χ0n) is 17.5. The van der Waals surface area contributed by atoms with Gasteiger partial charge in [-0.3, -0.25) is 4.79 Å². The highest BCUT2D eigenvalue weighted by molar-refractivity contribution is 7.89. The first-order valence-corrected chi connectivity index (χ1v) is 11.6. The summed E-state index contributed by atoms with van der Waals surface area (Å²) in [4.78, 5) is 17.9. The summed E-state index contributed by atoms with van der Waals surface area (Å²) in [6.07, 6.45) is 0. The predicted octanol–water partition coefficient (Wildman–Crippen LogP) is 3.27. The van der Waals surface area contributed by atoms with Crippen LogP contribution in [0.3, 0.4) is 0 Å². The van der Waals surface area contributed by atoms with E-state index in [2.05, 4.69) is 10.3 Å². The van der Waals surface area contributed by atoms with Gasteiger partial charge in [0.15, 0.2) is 11.5 Å². The van der Waals surface area contributed by atoms with Crippen molar-refractivity contribution in [1.29, 1.82) is 0 Å². The first-order chi connectivity index (χ1) is 14.6. The lowest BCUT2D eigenvalue weighted by Gasteiger charge is -2.14. The fourth-order valence-corrected chi connectivity index (χ4v) is 4.47. The molecular weight excluding hydrogens is 438 g/mol. The van der Waals surface area contributed by atoms with Crippen molar-refractivity contribution in [2.45, 2.75) is 24.8 Å². The summed E-state index contributed by atoms with van der Waals surface area (Å²) < 4.78 is 33.4. The van der Waals surface area contributed by atoms with Gasteiger partial charge in [-0.25, -0.2) is 18.5 Å². The largest absolute Gasteiger partial charge is 0.493 e. The highest BCUT2D eigenvalue weighted by Crippen LogP contribution is 2.35. The van der Waals surface area contributed by atoms with Gasteiger partial charge in [0, 0.05) is 5.56 Å². The molecule has 1 aromatic heterocycles. The number of rotatable bonds is 7. The van der Waals surface area contributed by atoms with Crippen LogP contribution in [0.4, 0.5) is 0 Å². The van der Waals surface area contributed by atoms with Crippen LogP contribution in [-0.4, -0.2) is 33.5 Å². The average Bonchev–Trinajstić information content (AvgIpc) is 3.14. The maximum Gasteiger partial charge on any atom is 0.263 e. The maximum atomic E-state index is 12.8. The van der Waals surface area contributed by atoms with Crippen LogP contribution in [0.2, 0.25) is 0 Å². The monoisotopic (exact) mass is 461 g/mol. The molecule has 2 aromatic carbocycles. The van der Waals surface area contributed by atoms with Crippen LogP contribution in [0.25, 0.3) is 10.6 Å². The summed E-state index contributed by atoms with van der Waals surface area (Å²) in [5.74, 6) is 0.931. The Morgan fingerprint density at radius 2 is 1.74 bits per heavy atom. The number of carbonyl (C=O) groups is 1. The second-order valence-corrected chi connectivity index (χ2v) is 9.37. The molecule has 1 heterocycles. The number of nitrogens with zero attached hydrogens (tertiary/aromatic N) is 1. The van der Waals surface area contributed by atoms with Crippen LogP contribution in [0.1, 0.15) is 33.9 Å². The van der Waals surface area contributed by atoms with E-state index in [1.807, 2.05) is 19.1 Å². The quantitative estimate of drug-likeness (QED) is 0.557. The number of nitrogens with two attached hydrogens (primary N) is 1. The van der Waals surface area contributed by atoms with Crippen LogP contribution in [0.15, 0.2) is 47.4 Å². The minimum atomic E-state index is -3.76. The van der Waals surface area contributed by atoms with E-state index < -0.39 is 10.0 Å². The standard InChI is InChI=1S/C21H23N3O5S2/c1-12(14-5-8-16(9-6-14)31(22,26)27)23-20(25)19-13(2)24-21(30-19)15-7-10-17(28-3)18(11-15)29-4/h5-12H,1-4H3,(H,23,25)(H2,22,26,27). The van der Waals surface area contributed by atoms with Crippen LogP contribution in [-0.2, 0) is 10.0 Å². The van der Waals surface area contributed by atoms with Crippen molar-refractivity contribution in [3.05, 3.63) is 58.6 Å². The maximum absolute atomic E-state index is 12.8. The molecule has 0 bridgehead atoms. The van der Waals surface area contributed by atoms with Gasteiger partial charge in [0.1, 0.15) is 9.88 Å². The molecule has 31 heavy (non-hydrogen) atoms. The summed E-state index contributed by atoms with van der Waals surface area (Å²) >= 11 is 1.28. The molecule has 0 spiro atoms. The molecule has 3 rings (SSSR count). The number of carbonyl (C=O) groups excluding carboxylic acids is 1. The number of amides is 1. The third-order valence-corrected chi connectivity index (χ3v) is 6.82. The Labute approximate surface area is 185 Å². The summed E-state index contributed by atoms with van der Waals surface area (Å²) in [6, 6.07) is 11.2. The Kier molecular flexibility index (Phi) is 6.63. The summed E-state index contributed by atoms with van der Waals surface area (Å²) in [7, 11) is -0.634. The number of thiazole rings is 1. The summed E-state index contributed by atoms with van der Waals surface area (Å²) in [6.45, 7) is 3.59. The summed E-state index contributed by atoms with van der Waals surface area (Å²) in [5, 5.41) is 8.73. The molecular formula is C21H23N3O5S2. The number of hydrogen-bond acceptors (Lipinski definition) is 7. The van der Waals surface area contributed by atoms with Gasteiger partial charge < -0.3 is 14.8 Å². The Morgan fingerprint density at radius 3 is 2.32 bits per heavy atom. The van der Waals surface area contributed by atoms with E-state index in [0.717, 1.165) is 11.1 Å². The van der Waals surface area contributed by atoms with E-state index in [1.165, 1.54) is 23.5 Å². The van der Waals surface area contributed by atoms with E-state index >= 15 is 0 Å². The topological polar surface area (TPSA) is 121 Å². The van der Waals surface area contributed by atoms with Crippen molar-refractivity contribution in [1.82, 2.24) is 10.3 Å². The fourth-order valence-electron chi connectivity index (χ4n) is 2.99. The number of aromatic nitrogens is 1. The van der Waals surface area contributed by atoms with Crippen LogP contribution in [0.5, 0.6) is 11.5 Å². The average molecular weight is 462 g/mol. The van der Waals surface area contributed by atoms with Crippen molar-refractivity contribution in [3.63, 3.8) is 0 Å². The zero-order chi connectivity index (χ0) is 22.8. The second kappa shape index (κ2) is 9.04. The molecule has 0 aliphatic heterocycles. The van der Waals surface area contributed by atoms with Crippen LogP contribution < -0.4 is 19.9 Å². The van der Waals surface area contributed by atoms with Crippen molar-refractivity contribution >= 4 is 27.3 Å². The molecule has 3 aromatic rings. The molecule has 164 valence electrons. The van der Waals surface area contributed by atoms with E-state index in [4.69, 9.17) is 14.6 Å². The smallest absolute Gasteiger partial charge is 0.263 e. The van der Waals surface area contributed by atoms with Gasteiger partial charge in [0.05, 0.1) is 30.9 Å². The molecule has 1 atom stereocenters. The summed E-state index contributed by atoms with van der Waals surface area (Å²) in [5.41, 5.74) is 2.18. The molecule has 8 nitrogen and oxygen atoms in total. The van der Waals surface area contributed by atoms with Crippen molar-refractivity contribution in [3.8, 4) is 22.1 Å². The fraction of sp³-hybridized carbons (Fsp3) is 0.238. The van der Waals surface area contributed by atoms with Gasteiger partial charge in [-0.2, -0.15) is 0 Å². The van der Waals surface area contributed by atoms with E-state index in [9.17, 15) is 13.2 Å². The number of benzene rings is 2. The minimum absolute atomic E-state index is 0.0210. The van der Waals surface area contributed by atoms with E-state index in [-0.39, 0.29) is 16.8 Å². The molecule has 1 unspecified atom stereocenters. The molecule has 0 radical (unpaired) electrons. The number of sulfonamides is 1. The van der Waals surface area contributed by atoms with Gasteiger partial charge in [-0.05, 0) is 49.7 Å². The Hall–Kier alpha value is -2.95. The van der Waals surface area contributed by atoms with Crippen molar-refractivity contribution in [2.24, 2.45) is 5.14 Å². The normalized spacial score (nSPS) is 12.3. The van der Waals surface area contributed by atoms with E-state index in [0.29, 0.717) is 27.1 Å². The molecule has 10 heteroatoms. The SMILES string of the molecule is COc1ccc(-c2nc(C)c(C(=O)NC(C)c3ccc(S(N)(=O)=O)cc3)s2)cc1OC. The van der Waals surface area contributed by atoms with Gasteiger partial charge in [0.2, 0.25) is 10.0 Å². The molecule has 0 saturated heterocycles. The minimum Gasteiger partial charge on any atom is -0.493 e. The number of methoxy groups -OCH3 is 2. The number of nitrogens with one attached hydrogen (secondary N) is 1. The number of hydrogen-bond donors (Lipinski definition) is 2. The number of ether oxygens (including phenoxy) is 2. The van der Waals surface area contributed by atoms with Crippen LogP contribution >= 0.6 is 11.3 Å². The lowest BCUT2D eigenvalue weighted by Crippen LogP contribution is -2.26. The lowest BCUT2D eigenvalue weighted by molar-refractivity contribution is 0.0943. The van der Waals surface area contributed by atoms with Crippen molar-refractivity contribution < 1.29 is 22.7 Å². The molecule has 3 N–H and O–H groups in total. The Balaban J connectivity index is 1.79. The third kappa shape index (κ3) is 5.04. The zero-order valence-corrected chi connectivity index (χ0v) is 19.1. The van der Waals surface area contributed by atoms with Gasteiger partial charge >= 0.3 is 0 Å². The Morgan fingerprint density at radius 1 is 1.10 bits per heavy atom. The highest BCUT2D eigenvalue weighted by atomic mass is 32.2. The van der Waals surface area contributed by atoms with Gasteiger partial charge in [0.25, 0.3) is 5.91 Å². The van der Waals surface area contributed by atoms with Gasteiger partial charge in [-0.15, -0.1) is 11.3 Å². The molecule has 0 fully saturated rings. The highest BCUT2D eigenvalue weighted by Gasteiger charge is 2.20. The molecule has 1 amide bonds. The third-order valence-electron chi connectivity index (χ3n) is 4.69. The number of aryl methyl sites for hydroxylation is 1. The van der Waals surface area contributed by atoms with Crippen molar-refractivity contribution in [2.75, 3.05) is 14.2 Å². The second-order valence-electron chi connectivity index (χ2n) is 6.81. The first-order valence-electron chi connectivity index (χ1n) is 9.27. The predicted molar refractivity (Wildman–Crippen MR) is 119 cm³/mol. The van der Waals surface area contributed by atoms with Crippen LogP contribution in [0, 0.1) is 6.92 Å².